The molecule has 0 aromatic heterocycles. The monoisotopic (exact) mass is 341 g/mol. The molecule has 0 atom stereocenters. The van der Waals surface area contributed by atoms with E-state index in [2.05, 4.69) is 5.32 Å². The van der Waals surface area contributed by atoms with Crippen molar-refractivity contribution in [2.75, 3.05) is 5.32 Å². The molecule has 4 rings (SSSR count). The van der Waals surface area contributed by atoms with Crippen LogP contribution in [0.5, 0.6) is 0 Å². The third kappa shape index (κ3) is 2.52. The summed E-state index contributed by atoms with van der Waals surface area (Å²) in [5.74, 6) is -0.783. The number of anilines is 1. The molecule has 0 bridgehead atoms. The summed E-state index contributed by atoms with van der Waals surface area (Å²) in [6.45, 7) is 1.94. The number of nitrogens with one attached hydrogen (secondary N) is 1. The average molecular weight is 341 g/mol. The van der Waals surface area contributed by atoms with Gasteiger partial charge in [0.25, 0.3) is 5.91 Å². The van der Waals surface area contributed by atoms with Crippen LogP contribution >= 0.6 is 0 Å². The lowest BCUT2D eigenvalue weighted by Crippen LogP contribution is -2.23. The maximum absolute atomic E-state index is 12.9. The van der Waals surface area contributed by atoms with Crippen LogP contribution in [0.3, 0.4) is 0 Å². The zero-order valence-corrected chi connectivity index (χ0v) is 14.1. The first-order valence-corrected chi connectivity index (χ1v) is 8.26. The van der Waals surface area contributed by atoms with Gasteiger partial charge in [-0.15, -0.1) is 0 Å². The fraction of sp³-hybridized carbons (Fsp3) is 0.0455. The van der Waals surface area contributed by atoms with Crippen molar-refractivity contribution in [3.05, 3.63) is 100 Å². The van der Waals surface area contributed by atoms with E-state index in [1.54, 1.807) is 54.6 Å². The standard InChI is InChI=1S/C22H15NO3/c1-13-9-11-14(12-10-13)22(26)23-18-8-4-7-17-19(18)21(25)16-6-3-2-5-15(16)20(17)24/h2-12H,1H3,(H,23,26). The van der Waals surface area contributed by atoms with Crippen LogP contribution in [-0.4, -0.2) is 17.5 Å². The lowest BCUT2D eigenvalue weighted by molar-refractivity contribution is 0.0978. The molecule has 4 heteroatoms. The van der Waals surface area contributed by atoms with Gasteiger partial charge in [-0.1, -0.05) is 54.1 Å². The predicted octanol–water partition coefficient (Wildman–Crippen LogP) is 4.02. The molecular weight excluding hydrogens is 326 g/mol. The summed E-state index contributed by atoms with van der Waals surface area (Å²) in [7, 11) is 0. The molecule has 1 amide bonds. The molecule has 26 heavy (non-hydrogen) atoms. The maximum atomic E-state index is 12.9. The van der Waals surface area contributed by atoms with E-state index in [-0.39, 0.29) is 23.0 Å². The molecule has 126 valence electrons. The smallest absolute Gasteiger partial charge is 0.255 e. The topological polar surface area (TPSA) is 63.2 Å². The van der Waals surface area contributed by atoms with Crippen LogP contribution < -0.4 is 5.32 Å². The summed E-state index contributed by atoms with van der Waals surface area (Å²) in [5.41, 5.74) is 3.21. The zero-order chi connectivity index (χ0) is 18.3. The van der Waals surface area contributed by atoms with Gasteiger partial charge in [-0.3, -0.25) is 14.4 Å². The Kier molecular flexibility index (Phi) is 3.73. The van der Waals surface area contributed by atoms with Crippen LogP contribution in [0, 0.1) is 6.92 Å². The fourth-order valence-corrected chi connectivity index (χ4v) is 3.15. The number of amides is 1. The highest BCUT2D eigenvalue weighted by atomic mass is 16.2. The van der Waals surface area contributed by atoms with Gasteiger partial charge in [-0.25, -0.2) is 0 Å². The van der Waals surface area contributed by atoms with E-state index in [0.717, 1.165) is 5.56 Å². The lowest BCUT2D eigenvalue weighted by atomic mass is 9.83. The number of aryl methyl sites for hydroxylation is 1. The molecule has 0 saturated heterocycles. The maximum Gasteiger partial charge on any atom is 0.255 e. The fourth-order valence-electron chi connectivity index (χ4n) is 3.15. The first-order chi connectivity index (χ1) is 12.6. The van der Waals surface area contributed by atoms with Crippen LogP contribution in [0.4, 0.5) is 5.69 Å². The van der Waals surface area contributed by atoms with Crippen molar-refractivity contribution < 1.29 is 14.4 Å². The van der Waals surface area contributed by atoms with E-state index in [0.29, 0.717) is 27.9 Å². The van der Waals surface area contributed by atoms with Crippen LogP contribution in [0.2, 0.25) is 0 Å². The van der Waals surface area contributed by atoms with Gasteiger partial charge in [0.05, 0.1) is 11.3 Å². The van der Waals surface area contributed by atoms with Crippen molar-refractivity contribution in [2.24, 2.45) is 0 Å². The second-order valence-electron chi connectivity index (χ2n) is 6.25. The summed E-state index contributed by atoms with van der Waals surface area (Å²) in [6, 6.07) is 18.8. The van der Waals surface area contributed by atoms with Crippen molar-refractivity contribution in [3.63, 3.8) is 0 Å². The number of carbonyl (C=O) groups excluding carboxylic acids is 3. The molecule has 0 spiro atoms. The van der Waals surface area contributed by atoms with Gasteiger partial charge in [0.1, 0.15) is 0 Å². The summed E-state index contributed by atoms with van der Waals surface area (Å²) in [6.07, 6.45) is 0. The van der Waals surface area contributed by atoms with Crippen LogP contribution in [0.15, 0.2) is 66.7 Å². The van der Waals surface area contributed by atoms with Gasteiger partial charge >= 0.3 is 0 Å². The second-order valence-corrected chi connectivity index (χ2v) is 6.25. The molecular formula is C22H15NO3. The molecule has 3 aromatic carbocycles. The van der Waals surface area contributed by atoms with Crippen molar-refractivity contribution in [1.29, 1.82) is 0 Å². The van der Waals surface area contributed by atoms with Crippen molar-refractivity contribution in [3.8, 4) is 0 Å². The first-order valence-electron chi connectivity index (χ1n) is 8.26. The van der Waals surface area contributed by atoms with E-state index in [9.17, 15) is 14.4 Å². The number of hydrogen-bond donors (Lipinski definition) is 1. The molecule has 1 aliphatic rings. The molecule has 1 N–H and O–H groups in total. The van der Waals surface area contributed by atoms with Crippen LogP contribution in [-0.2, 0) is 0 Å². The predicted molar refractivity (Wildman–Crippen MR) is 98.9 cm³/mol. The average Bonchev–Trinajstić information content (AvgIpc) is 2.66. The van der Waals surface area contributed by atoms with E-state index < -0.39 is 0 Å². The Bertz CT molecular complexity index is 1070. The molecule has 1 aliphatic carbocycles. The minimum Gasteiger partial charge on any atom is -0.321 e. The number of rotatable bonds is 2. The highest BCUT2D eigenvalue weighted by molar-refractivity contribution is 6.30. The highest BCUT2D eigenvalue weighted by Crippen LogP contribution is 2.32. The van der Waals surface area contributed by atoms with Crippen molar-refractivity contribution in [2.45, 2.75) is 6.92 Å². The van der Waals surface area contributed by atoms with E-state index in [1.165, 1.54) is 0 Å². The van der Waals surface area contributed by atoms with Crippen LogP contribution in [0.1, 0.15) is 47.8 Å². The number of benzene rings is 3. The van der Waals surface area contributed by atoms with Crippen LogP contribution in [0.25, 0.3) is 0 Å². The van der Waals surface area contributed by atoms with E-state index in [1.807, 2.05) is 19.1 Å². The zero-order valence-electron chi connectivity index (χ0n) is 14.1. The molecule has 0 radical (unpaired) electrons. The Morgan fingerprint density at radius 2 is 1.35 bits per heavy atom. The first kappa shape index (κ1) is 16.0. The Labute approximate surface area is 150 Å². The van der Waals surface area contributed by atoms with Gasteiger partial charge in [-0.2, -0.15) is 0 Å². The van der Waals surface area contributed by atoms with Gasteiger partial charge in [0.15, 0.2) is 11.6 Å². The summed E-state index contributed by atoms with van der Waals surface area (Å²) < 4.78 is 0. The summed E-state index contributed by atoms with van der Waals surface area (Å²) >= 11 is 0. The lowest BCUT2D eigenvalue weighted by Gasteiger charge is -2.20. The third-order valence-corrected chi connectivity index (χ3v) is 4.51. The van der Waals surface area contributed by atoms with Gasteiger partial charge < -0.3 is 5.32 Å². The van der Waals surface area contributed by atoms with Gasteiger partial charge in [0, 0.05) is 22.3 Å². The minimum atomic E-state index is -0.322. The third-order valence-electron chi connectivity index (χ3n) is 4.51. The Balaban J connectivity index is 1.76. The SMILES string of the molecule is Cc1ccc(C(=O)Nc2cccc3c2C(=O)c2ccccc2C3=O)cc1. The second kappa shape index (κ2) is 6.08. The Morgan fingerprint density at radius 3 is 2.04 bits per heavy atom. The van der Waals surface area contributed by atoms with E-state index in [4.69, 9.17) is 0 Å². The number of hydrogen-bond acceptors (Lipinski definition) is 3. The molecule has 3 aromatic rings. The highest BCUT2D eigenvalue weighted by Gasteiger charge is 2.31. The number of fused-ring (bicyclic) bond motifs is 2. The molecule has 0 saturated carbocycles. The summed E-state index contributed by atoms with van der Waals surface area (Å²) in [5, 5.41) is 2.78. The minimum absolute atomic E-state index is 0.207. The molecule has 0 aliphatic heterocycles. The Hall–Kier alpha value is -3.53. The summed E-state index contributed by atoms with van der Waals surface area (Å²) in [4.78, 5) is 38.2. The normalized spacial score (nSPS) is 12.3. The van der Waals surface area contributed by atoms with Gasteiger partial charge in [0.2, 0.25) is 0 Å². The largest absolute Gasteiger partial charge is 0.321 e. The Morgan fingerprint density at radius 1 is 0.731 bits per heavy atom. The van der Waals surface area contributed by atoms with Crippen molar-refractivity contribution in [1.82, 2.24) is 0 Å². The molecule has 0 heterocycles. The quantitative estimate of drug-likeness (QED) is 0.599. The molecule has 0 unspecified atom stereocenters. The van der Waals surface area contributed by atoms with Gasteiger partial charge in [-0.05, 0) is 25.1 Å². The molecule has 0 fully saturated rings. The number of carbonyl (C=O) groups is 3. The van der Waals surface area contributed by atoms with Crippen molar-refractivity contribution >= 4 is 23.2 Å². The molecule has 4 nitrogen and oxygen atoms in total. The van der Waals surface area contributed by atoms with E-state index >= 15 is 0 Å². The number of ketones is 2.